The van der Waals surface area contributed by atoms with Crippen LogP contribution in [0.5, 0.6) is 0 Å². The quantitative estimate of drug-likeness (QED) is 0.454. The third-order valence-corrected chi connectivity index (χ3v) is 1.46. The van der Waals surface area contributed by atoms with E-state index in [-0.39, 0.29) is 12.7 Å². The minimum atomic E-state index is -0.179. The molecule has 0 aliphatic rings. The van der Waals surface area contributed by atoms with Gasteiger partial charge in [-0.1, -0.05) is 12.2 Å². The van der Waals surface area contributed by atoms with Gasteiger partial charge in [-0.15, -0.1) is 0 Å². The monoisotopic (exact) mass is 158 g/mol. The molecule has 0 amide bonds. The molecule has 0 saturated heterocycles. The molecule has 0 saturated carbocycles. The van der Waals surface area contributed by atoms with Crippen LogP contribution in [0.25, 0.3) is 0 Å². The van der Waals surface area contributed by atoms with E-state index in [2.05, 4.69) is 6.08 Å². The molecule has 0 aromatic carbocycles. The predicted octanol–water partition coefficient (Wildman–Crippen LogP) is 1.48. The Bertz CT molecular complexity index is 97.7. The molecule has 1 atom stereocenters. The van der Waals surface area contributed by atoms with Crippen LogP contribution in [0.15, 0.2) is 12.2 Å². The zero-order chi connectivity index (χ0) is 8.53. The van der Waals surface area contributed by atoms with Gasteiger partial charge in [0.05, 0.1) is 6.10 Å². The van der Waals surface area contributed by atoms with Crippen molar-refractivity contribution in [3.8, 4) is 0 Å². The van der Waals surface area contributed by atoms with Crippen molar-refractivity contribution in [2.24, 2.45) is 0 Å². The second-order valence-electron chi connectivity index (χ2n) is 2.76. The molecule has 0 aliphatic heterocycles. The van der Waals surface area contributed by atoms with Gasteiger partial charge in [-0.3, -0.25) is 0 Å². The van der Waals surface area contributed by atoms with Crippen molar-refractivity contribution in [3.63, 3.8) is 0 Å². The molecule has 0 aromatic heterocycles. The van der Waals surface area contributed by atoms with Crippen LogP contribution >= 0.6 is 0 Å². The summed E-state index contributed by atoms with van der Waals surface area (Å²) in [6.07, 6.45) is 7.49. The Kier molecular flexibility index (Phi) is 7.52. The SMILES string of the molecule is C[C@H](O)CCC/C=C/CCO. The van der Waals surface area contributed by atoms with Gasteiger partial charge in [0.1, 0.15) is 0 Å². The molecule has 11 heavy (non-hydrogen) atoms. The number of aliphatic hydroxyl groups is 2. The summed E-state index contributed by atoms with van der Waals surface area (Å²) in [5.41, 5.74) is 0. The molecular formula is C9H18O2. The smallest absolute Gasteiger partial charge is 0.0512 e. The first-order valence-corrected chi connectivity index (χ1v) is 4.21. The third kappa shape index (κ3) is 9.66. The van der Waals surface area contributed by atoms with Gasteiger partial charge < -0.3 is 10.2 Å². The van der Waals surface area contributed by atoms with Gasteiger partial charge in [0.15, 0.2) is 0 Å². The van der Waals surface area contributed by atoms with E-state index in [1.54, 1.807) is 6.92 Å². The lowest BCUT2D eigenvalue weighted by atomic mass is 10.1. The zero-order valence-corrected chi connectivity index (χ0v) is 7.16. The predicted molar refractivity (Wildman–Crippen MR) is 46.4 cm³/mol. The van der Waals surface area contributed by atoms with Gasteiger partial charge in [0.25, 0.3) is 0 Å². The average Bonchev–Trinajstić information content (AvgIpc) is 1.96. The lowest BCUT2D eigenvalue weighted by molar-refractivity contribution is 0.182. The molecule has 0 aromatic rings. The normalized spacial score (nSPS) is 14.1. The molecule has 0 rings (SSSR count). The molecule has 0 unspecified atom stereocenters. The number of allylic oxidation sites excluding steroid dienone is 1. The standard InChI is InChI=1S/C9H18O2/c1-9(11)7-5-3-2-4-6-8-10/h2,4,9-11H,3,5-8H2,1H3/b4-2+/t9-/m0/s1. The van der Waals surface area contributed by atoms with Crippen molar-refractivity contribution in [3.05, 3.63) is 12.2 Å². The zero-order valence-electron chi connectivity index (χ0n) is 7.16. The first kappa shape index (κ1) is 10.7. The van der Waals surface area contributed by atoms with Crippen LogP contribution in [0.4, 0.5) is 0 Å². The fourth-order valence-corrected chi connectivity index (χ4v) is 0.841. The summed E-state index contributed by atoms with van der Waals surface area (Å²) in [7, 11) is 0. The highest BCUT2D eigenvalue weighted by Crippen LogP contribution is 2.00. The van der Waals surface area contributed by atoms with Crippen LogP contribution in [0.2, 0.25) is 0 Å². The van der Waals surface area contributed by atoms with Crippen molar-refractivity contribution in [2.45, 2.75) is 38.7 Å². The maximum absolute atomic E-state index is 8.89. The van der Waals surface area contributed by atoms with Crippen molar-refractivity contribution >= 4 is 0 Å². The Hall–Kier alpha value is -0.340. The Morgan fingerprint density at radius 2 is 1.91 bits per heavy atom. The van der Waals surface area contributed by atoms with Crippen LogP contribution < -0.4 is 0 Å². The summed E-state index contributed by atoms with van der Waals surface area (Å²) < 4.78 is 0. The molecular weight excluding hydrogens is 140 g/mol. The third-order valence-electron chi connectivity index (χ3n) is 1.46. The molecule has 66 valence electrons. The Balaban J connectivity index is 3.01. The van der Waals surface area contributed by atoms with Crippen LogP contribution in [0.3, 0.4) is 0 Å². The summed E-state index contributed by atoms with van der Waals surface area (Å²) in [5.74, 6) is 0. The van der Waals surface area contributed by atoms with Crippen molar-refractivity contribution in [1.29, 1.82) is 0 Å². The summed E-state index contributed by atoms with van der Waals surface area (Å²) in [6, 6.07) is 0. The van der Waals surface area contributed by atoms with Gasteiger partial charge in [-0.05, 0) is 32.6 Å². The summed E-state index contributed by atoms with van der Waals surface area (Å²) in [6.45, 7) is 2.03. The fourth-order valence-electron chi connectivity index (χ4n) is 0.841. The number of hydrogen-bond donors (Lipinski definition) is 2. The lowest BCUT2D eigenvalue weighted by Gasteiger charge is -1.99. The number of rotatable bonds is 6. The number of aliphatic hydroxyl groups excluding tert-OH is 2. The molecule has 2 nitrogen and oxygen atoms in total. The topological polar surface area (TPSA) is 40.5 Å². The van der Waals surface area contributed by atoms with E-state index in [9.17, 15) is 0 Å². The van der Waals surface area contributed by atoms with E-state index in [4.69, 9.17) is 10.2 Å². The summed E-state index contributed by atoms with van der Waals surface area (Å²) >= 11 is 0. The van der Waals surface area contributed by atoms with Gasteiger partial charge >= 0.3 is 0 Å². The lowest BCUT2D eigenvalue weighted by Crippen LogP contribution is -1.97. The van der Waals surface area contributed by atoms with E-state index < -0.39 is 0 Å². The minimum absolute atomic E-state index is 0.179. The maximum Gasteiger partial charge on any atom is 0.0512 e. The fraction of sp³-hybridized carbons (Fsp3) is 0.778. The summed E-state index contributed by atoms with van der Waals surface area (Å²) in [4.78, 5) is 0. The highest BCUT2D eigenvalue weighted by atomic mass is 16.3. The van der Waals surface area contributed by atoms with Crippen LogP contribution in [0.1, 0.15) is 32.6 Å². The first-order chi connectivity index (χ1) is 5.27. The molecule has 2 heteroatoms. The average molecular weight is 158 g/mol. The van der Waals surface area contributed by atoms with Gasteiger partial charge in [0, 0.05) is 6.61 Å². The first-order valence-electron chi connectivity index (χ1n) is 4.21. The molecule has 0 heterocycles. The Morgan fingerprint density at radius 3 is 2.45 bits per heavy atom. The van der Waals surface area contributed by atoms with Gasteiger partial charge in [-0.2, -0.15) is 0 Å². The van der Waals surface area contributed by atoms with Crippen LogP contribution in [-0.4, -0.2) is 22.9 Å². The van der Waals surface area contributed by atoms with Crippen molar-refractivity contribution in [1.82, 2.24) is 0 Å². The minimum Gasteiger partial charge on any atom is -0.396 e. The van der Waals surface area contributed by atoms with E-state index >= 15 is 0 Å². The van der Waals surface area contributed by atoms with E-state index in [0.29, 0.717) is 0 Å². The second kappa shape index (κ2) is 7.76. The molecule has 0 aliphatic carbocycles. The number of hydrogen-bond acceptors (Lipinski definition) is 2. The highest BCUT2D eigenvalue weighted by Gasteiger charge is 1.91. The molecule has 0 bridgehead atoms. The van der Waals surface area contributed by atoms with Crippen molar-refractivity contribution in [2.75, 3.05) is 6.61 Å². The van der Waals surface area contributed by atoms with Gasteiger partial charge in [-0.25, -0.2) is 0 Å². The second-order valence-corrected chi connectivity index (χ2v) is 2.76. The van der Waals surface area contributed by atoms with Crippen LogP contribution in [-0.2, 0) is 0 Å². The largest absolute Gasteiger partial charge is 0.396 e. The summed E-state index contributed by atoms with van der Waals surface area (Å²) in [5, 5.41) is 17.3. The van der Waals surface area contributed by atoms with E-state index in [1.165, 1.54) is 0 Å². The molecule has 0 spiro atoms. The maximum atomic E-state index is 8.89. The van der Waals surface area contributed by atoms with Crippen LogP contribution in [0, 0.1) is 0 Å². The Labute approximate surface area is 68.6 Å². The van der Waals surface area contributed by atoms with E-state index in [0.717, 1.165) is 25.7 Å². The van der Waals surface area contributed by atoms with Crippen molar-refractivity contribution < 1.29 is 10.2 Å². The Morgan fingerprint density at radius 1 is 1.27 bits per heavy atom. The van der Waals surface area contributed by atoms with E-state index in [1.807, 2.05) is 6.08 Å². The number of unbranched alkanes of at least 4 members (excludes halogenated alkanes) is 1. The molecule has 0 radical (unpaired) electrons. The molecule has 0 fully saturated rings. The van der Waals surface area contributed by atoms with Gasteiger partial charge in [0.2, 0.25) is 0 Å². The molecule has 2 N–H and O–H groups in total. The highest BCUT2D eigenvalue weighted by molar-refractivity contribution is 4.81.